The van der Waals surface area contributed by atoms with Crippen LogP contribution < -0.4 is 16.8 Å². The maximum atomic E-state index is 11.5. The Bertz CT molecular complexity index is 319. The molecule has 0 aromatic carbocycles. The Morgan fingerprint density at radius 2 is 1.55 bits per heavy atom. The highest BCUT2D eigenvalue weighted by atomic mass is 16.2. The number of imide groups is 1. The second kappa shape index (κ2) is 11.4. The molecule has 6 nitrogen and oxygen atoms in total. The molecule has 0 heterocycles. The molecular weight excluding hydrogens is 258 g/mol. The van der Waals surface area contributed by atoms with Gasteiger partial charge in [0.2, 0.25) is 17.7 Å². The van der Waals surface area contributed by atoms with Gasteiger partial charge in [-0.1, -0.05) is 45.4 Å². The summed E-state index contributed by atoms with van der Waals surface area (Å²) in [7, 11) is 0. The Hall–Kier alpha value is -1.43. The Morgan fingerprint density at radius 3 is 2.10 bits per heavy atom. The molecule has 0 saturated carbocycles. The zero-order chi connectivity index (χ0) is 15.4. The first-order valence-corrected chi connectivity index (χ1v) is 7.35. The molecule has 0 rings (SSSR count). The number of hydrogen-bond donors (Lipinski definition) is 3. The van der Waals surface area contributed by atoms with Gasteiger partial charge in [-0.05, 0) is 6.42 Å². The Labute approximate surface area is 120 Å². The number of amides is 3. The second-order valence-corrected chi connectivity index (χ2v) is 5.06. The lowest BCUT2D eigenvalue weighted by molar-refractivity contribution is -0.132. The molecule has 0 bridgehead atoms. The number of primary amides is 1. The molecule has 3 amide bonds. The quantitative estimate of drug-likeness (QED) is 0.490. The van der Waals surface area contributed by atoms with E-state index in [0.29, 0.717) is 6.42 Å². The Morgan fingerprint density at radius 1 is 1.00 bits per heavy atom. The topological polar surface area (TPSA) is 115 Å². The minimum Gasteiger partial charge on any atom is -0.370 e. The lowest BCUT2D eigenvalue weighted by Gasteiger charge is -2.09. The average Bonchev–Trinajstić information content (AvgIpc) is 2.36. The van der Waals surface area contributed by atoms with E-state index in [9.17, 15) is 14.4 Å². The van der Waals surface area contributed by atoms with Crippen molar-refractivity contribution in [3.8, 4) is 0 Å². The van der Waals surface area contributed by atoms with Gasteiger partial charge in [-0.25, -0.2) is 0 Å². The van der Waals surface area contributed by atoms with E-state index in [1.165, 1.54) is 25.7 Å². The van der Waals surface area contributed by atoms with Crippen molar-refractivity contribution in [3.63, 3.8) is 0 Å². The van der Waals surface area contributed by atoms with Gasteiger partial charge in [0.15, 0.2) is 0 Å². The standard InChI is InChI=1S/C14H27N3O3/c1-2-3-4-5-6-7-8-9-13(19)17-14(20)11(15)10-12(16)18/h11H,2-10,15H2,1H3,(H2,16,18)(H,17,19,20)/t11-/m0/s1. The number of rotatable bonds is 11. The van der Waals surface area contributed by atoms with Crippen molar-refractivity contribution >= 4 is 17.7 Å². The van der Waals surface area contributed by atoms with Crippen molar-refractivity contribution < 1.29 is 14.4 Å². The predicted octanol–water partition coefficient (Wildman–Crippen LogP) is 0.973. The van der Waals surface area contributed by atoms with Crippen LogP contribution in [-0.2, 0) is 14.4 Å². The fraction of sp³-hybridized carbons (Fsp3) is 0.786. The molecule has 0 radical (unpaired) electrons. The van der Waals surface area contributed by atoms with E-state index in [-0.39, 0.29) is 12.3 Å². The lowest BCUT2D eigenvalue weighted by atomic mass is 10.1. The van der Waals surface area contributed by atoms with Crippen LogP contribution in [0.4, 0.5) is 0 Å². The summed E-state index contributed by atoms with van der Waals surface area (Å²) in [6.07, 6.45) is 7.82. The van der Waals surface area contributed by atoms with Gasteiger partial charge in [0.25, 0.3) is 0 Å². The number of unbranched alkanes of at least 4 members (excludes halogenated alkanes) is 6. The van der Waals surface area contributed by atoms with E-state index in [2.05, 4.69) is 12.2 Å². The van der Waals surface area contributed by atoms with Crippen LogP contribution in [0.25, 0.3) is 0 Å². The summed E-state index contributed by atoms with van der Waals surface area (Å²) >= 11 is 0. The van der Waals surface area contributed by atoms with Crippen molar-refractivity contribution in [1.82, 2.24) is 5.32 Å². The maximum absolute atomic E-state index is 11.5. The maximum Gasteiger partial charge on any atom is 0.243 e. The minimum atomic E-state index is -1.05. The first-order chi connectivity index (χ1) is 9.47. The van der Waals surface area contributed by atoms with E-state index in [1.54, 1.807) is 0 Å². The third-order valence-corrected chi connectivity index (χ3v) is 3.03. The van der Waals surface area contributed by atoms with Gasteiger partial charge in [-0.2, -0.15) is 0 Å². The molecule has 0 aliphatic carbocycles. The first-order valence-electron chi connectivity index (χ1n) is 7.35. The van der Waals surface area contributed by atoms with E-state index in [4.69, 9.17) is 11.5 Å². The highest BCUT2D eigenvalue weighted by Gasteiger charge is 2.17. The molecule has 0 saturated heterocycles. The summed E-state index contributed by atoms with van der Waals surface area (Å²) in [5, 5.41) is 2.19. The van der Waals surface area contributed by atoms with Crippen LogP contribution in [0.1, 0.15) is 64.7 Å². The first kappa shape index (κ1) is 18.6. The van der Waals surface area contributed by atoms with Crippen LogP contribution in [0.3, 0.4) is 0 Å². The molecule has 0 fully saturated rings. The van der Waals surface area contributed by atoms with Gasteiger partial charge < -0.3 is 11.5 Å². The Balaban J connectivity index is 3.62. The number of nitrogens with one attached hydrogen (secondary N) is 1. The van der Waals surface area contributed by atoms with Gasteiger partial charge in [0.1, 0.15) is 0 Å². The Kier molecular flexibility index (Phi) is 10.6. The number of nitrogens with two attached hydrogens (primary N) is 2. The summed E-state index contributed by atoms with van der Waals surface area (Å²) in [5.41, 5.74) is 10.4. The highest BCUT2D eigenvalue weighted by molar-refractivity contribution is 5.99. The molecule has 5 N–H and O–H groups in total. The molecule has 20 heavy (non-hydrogen) atoms. The van der Waals surface area contributed by atoms with E-state index < -0.39 is 17.9 Å². The van der Waals surface area contributed by atoms with Crippen LogP contribution >= 0.6 is 0 Å². The smallest absolute Gasteiger partial charge is 0.243 e. The third kappa shape index (κ3) is 10.5. The summed E-state index contributed by atoms with van der Waals surface area (Å²) in [6.45, 7) is 2.17. The molecule has 0 aromatic heterocycles. The lowest BCUT2D eigenvalue weighted by Crippen LogP contribution is -2.45. The molecule has 0 aliphatic rings. The van der Waals surface area contributed by atoms with Crippen molar-refractivity contribution in [2.75, 3.05) is 0 Å². The summed E-state index contributed by atoms with van der Waals surface area (Å²) in [4.78, 5) is 33.5. The highest BCUT2D eigenvalue weighted by Crippen LogP contribution is 2.08. The molecule has 116 valence electrons. The largest absolute Gasteiger partial charge is 0.370 e. The minimum absolute atomic E-state index is 0.253. The van der Waals surface area contributed by atoms with Crippen LogP contribution in [0, 0.1) is 0 Å². The monoisotopic (exact) mass is 285 g/mol. The van der Waals surface area contributed by atoms with Gasteiger partial charge in [-0.15, -0.1) is 0 Å². The summed E-state index contributed by atoms with van der Waals surface area (Å²) < 4.78 is 0. The third-order valence-electron chi connectivity index (χ3n) is 3.03. The summed E-state index contributed by atoms with van der Waals surface area (Å²) in [5.74, 6) is -1.65. The molecule has 0 aliphatic heterocycles. The fourth-order valence-corrected chi connectivity index (χ4v) is 1.84. The van der Waals surface area contributed by atoms with Crippen LogP contribution in [0.15, 0.2) is 0 Å². The zero-order valence-electron chi connectivity index (χ0n) is 12.3. The van der Waals surface area contributed by atoms with Gasteiger partial charge in [0, 0.05) is 6.42 Å². The zero-order valence-corrected chi connectivity index (χ0v) is 12.3. The molecule has 0 spiro atoms. The summed E-state index contributed by atoms with van der Waals surface area (Å²) in [6, 6.07) is -1.05. The normalized spacial score (nSPS) is 11.9. The van der Waals surface area contributed by atoms with Crippen LogP contribution in [-0.4, -0.2) is 23.8 Å². The predicted molar refractivity (Wildman–Crippen MR) is 77.5 cm³/mol. The molecule has 6 heteroatoms. The SMILES string of the molecule is CCCCCCCCCC(=O)NC(=O)[C@@H](N)CC(N)=O. The van der Waals surface area contributed by atoms with Crippen LogP contribution in [0.2, 0.25) is 0 Å². The molecule has 0 unspecified atom stereocenters. The number of carbonyl (C=O) groups excluding carboxylic acids is 3. The van der Waals surface area contributed by atoms with E-state index in [1.807, 2.05) is 0 Å². The number of hydrogen-bond acceptors (Lipinski definition) is 4. The van der Waals surface area contributed by atoms with Gasteiger partial charge >= 0.3 is 0 Å². The number of carbonyl (C=O) groups is 3. The van der Waals surface area contributed by atoms with Crippen molar-refractivity contribution in [2.45, 2.75) is 70.8 Å². The fourth-order valence-electron chi connectivity index (χ4n) is 1.84. The average molecular weight is 285 g/mol. The molecular formula is C14H27N3O3. The van der Waals surface area contributed by atoms with Crippen molar-refractivity contribution in [3.05, 3.63) is 0 Å². The molecule has 0 aromatic rings. The second-order valence-electron chi connectivity index (χ2n) is 5.06. The van der Waals surface area contributed by atoms with Gasteiger partial charge in [0.05, 0.1) is 12.5 Å². The molecule has 1 atom stereocenters. The van der Waals surface area contributed by atoms with Gasteiger partial charge in [-0.3, -0.25) is 19.7 Å². The van der Waals surface area contributed by atoms with Crippen molar-refractivity contribution in [2.24, 2.45) is 11.5 Å². The van der Waals surface area contributed by atoms with E-state index >= 15 is 0 Å². The van der Waals surface area contributed by atoms with E-state index in [0.717, 1.165) is 19.3 Å². The van der Waals surface area contributed by atoms with Crippen LogP contribution in [0.5, 0.6) is 0 Å². The van der Waals surface area contributed by atoms with Crippen molar-refractivity contribution in [1.29, 1.82) is 0 Å².